The number of rotatable bonds is 4. The van der Waals surface area contributed by atoms with E-state index < -0.39 is 6.10 Å². The quantitative estimate of drug-likeness (QED) is 0.852. The Morgan fingerprint density at radius 3 is 2.71 bits per heavy atom. The van der Waals surface area contributed by atoms with E-state index in [-0.39, 0.29) is 5.75 Å². The van der Waals surface area contributed by atoms with Crippen LogP contribution in [0.25, 0.3) is 0 Å². The Bertz CT molecular complexity index is 488. The van der Waals surface area contributed by atoms with Crippen LogP contribution in [0, 0.1) is 0 Å². The molecule has 0 saturated carbocycles. The number of aromatic hydroxyl groups is 1. The number of aryl methyl sites for hydroxylation is 1. The van der Waals surface area contributed by atoms with E-state index in [1.807, 2.05) is 19.1 Å². The van der Waals surface area contributed by atoms with Crippen molar-refractivity contribution in [2.75, 3.05) is 0 Å². The predicted octanol–water partition coefficient (Wildman–Crippen LogP) is 2.82. The number of hydrogen-bond acceptors (Lipinski definition) is 3. The van der Waals surface area contributed by atoms with Gasteiger partial charge in [-0.1, -0.05) is 19.1 Å². The van der Waals surface area contributed by atoms with E-state index in [0.29, 0.717) is 12.2 Å². The highest BCUT2D eigenvalue weighted by molar-refractivity contribution is 5.28. The van der Waals surface area contributed by atoms with Crippen molar-refractivity contribution >= 4 is 0 Å². The maximum Gasteiger partial charge on any atom is 0.133 e. The van der Waals surface area contributed by atoms with Crippen LogP contribution in [0.4, 0.5) is 0 Å². The third kappa shape index (κ3) is 2.88. The fourth-order valence-corrected chi connectivity index (χ4v) is 1.77. The molecule has 0 bridgehead atoms. The molecule has 0 radical (unpaired) electrons. The average molecular weight is 232 g/mol. The number of aliphatic hydroxyl groups is 1. The van der Waals surface area contributed by atoms with Crippen LogP contribution in [0.15, 0.2) is 40.8 Å². The number of benzene rings is 1. The van der Waals surface area contributed by atoms with Gasteiger partial charge in [-0.05, 0) is 29.8 Å². The molecular weight excluding hydrogens is 216 g/mol. The zero-order valence-electron chi connectivity index (χ0n) is 9.76. The van der Waals surface area contributed by atoms with Gasteiger partial charge in [-0.3, -0.25) is 0 Å². The van der Waals surface area contributed by atoms with Crippen molar-refractivity contribution < 1.29 is 14.6 Å². The zero-order chi connectivity index (χ0) is 12.3. The van der Waals surface area contributed by atoms with Crippen molar-refractivity contribution in [1.82, 2.24) is 0 Å². The molecule has 0 saturated heterocycles. The van der Waals surface area contributed by atoms with Gasteiger partial charge in [0.2, 0.25) is 0 Å². The lowest BCUT2D eigenvalue weighted by Crippen LogP contribution is -2.00. The van der Waals surface area contributed by atoms with Crippen molar-refractivity contribution in [3.63, 3.8) is 0 Å². The molecule has 1 aromatic heterocycles. The van der Waals surface area contributed by atoms with Crippen molar-refractivity contribution in [2.45, 2.75) is 25.9 Å². The molecule has 1 unspecified atom stereocenters. The minimum Gasteiger partial charge on any atom is -0.508 e. The van der Waals surface area contributed by atoms with E-state index in [1.165, 1.54) is 0 Å². The van der Waals surface area contributed by atoms with E-state index in [0.717, 1.165) is 17.7 Å². The molecular formula is C14H16O3. The fraction of sp³-hybridized carbons (Fsp3) is 0.286. The van der Waals surface area contributed by atoms with Gasteiger partial charge in [-0.2, -0.15) is 0 Å². The number of phenolic OH excluding ortho intramolecular Hbond substituents is 1. The second-order valence-corrected chi connectivity index (χ2v) is 4.05. The first kappa shape index (κ1) is 11.7. The van der Waals surface area contributed by atoms with E-state index in [1.54, 1.807) is 24.3 Å². The number of aliphatic hydroxyl groups excluding tert-OH is 1. The zero-order valence-corrected chi connectivity index (χ0v) is 9.76. The molecule has 0 fully saturated rings. The molecule has 1 heterocycles. The van der Waals surface area contributed by atoms with Crippen LogP contribution in [-0.2, 0) is 12.8 Å². The van der Waals surface area contributed by atoms with E-state index in [9.17, 15) is 10.2 Å². The monoisotopic (exact) mass is 232 g/mol. The molecule has 0 aliphatic carbocycles. The molecule has 0 amide bonds. The Morgan fingerprint density at radius 1 is 1.24 bits per heavy atom. The minimum atomic E-state index is -0.669. The predicted molar refractivity (Wildman–Crippen MR) is 64.9 cm³/mol. The van der Waals surface area contributed by atoms with Gasteiger partial charge in [0.1, 0.15) is 23.4 Å². The summed E-state index contributed by atoms with van der Waals surface area (Å²) in [6.45, 7) is 2.00. The molecule has 17 heavy (non-hydrogen) atoms. The van der Waals surface area contributed by atoms with Gasteiger partial charge >= 0.3 is 0 Å². The fourth-order valence-electron chi connectivity index (χ4n) is 1.77. The van der Waals surface area contributed by atoms with E-state index in [4.69, 9.17) is 4.42 Å². The minimum absolute atomic E-state index is 0.211. The van der Waals surface area contributed by atoms with Crippen LogP contribution < -0.4 is 0 Å². The molecule has 1 aromatic carbocycles. The smallest absolute Gasteiger partial charge is 0.133 e. The summed E-state index contributed by atoms with van der Waals surface area (Å²) in [7, 11) is 0. The molecule has 0 aliphatic heterocycles. The van der Waals surface area contributed by atoms with Gasteiger partial charge in [-0.25, -0.2) is 0 Å². The molecule has 3 heteroatoms. The second-order valence-electron chi connectivity index (χ2n) is 4.05. The third-order valence-electron chi connectivity index (χ3n) is 2.70. The summed E-state index contributed by atoms with van der Waals surface area (Å²) in [6.07, 6.45) is 0.585. The van der Waals surface area contributed by atoms with Gasteiger partial charge in [0.05, 0.1) is 0 Å². The summed E-state index contributed by atoms with van der Waals surface area (Å²) in [5.74, 6) is 1.66. The molecule has 0 aliphatic rings. The highest BCUT2D eigenvalue weighted by Crippen LogP contribution is 2.22. The molecule has 1 atom stereocenters. The first-order valence-corrected chi connectivity index (χ1v) is 5.73. The normalized spacial score (nSPS) is 12.6. The first-order chi connectivity index (χ1) is 8.19. The maximum atomic E-state index is 10.00. The summed E-state index contributed by atoms with van der Waals surface area (Å²) in [4.78, 5) is 0. The summed E-state index contributed by atoms with van der Waals surface area (Å²) >= 11 is 0. The molecule has 2 N–H and O–H groups in total. The summed E-state index contributed by atoms with van der Waals surface area (Å²) in [5.41, 5.74) is 0.881. The lowest BCUT2D eigenvalue weighted by atomic mass is 10.1. The van der Waals surface area contributed by atoms with Crippen LogP contribution in [0.5, 0.6) is 5.75 Å². The Kier molecular flexibility index (Phi) is 3.49. The maximum absolute atomic E-state index is 10.00. The molecule has 2 aromatic rings. The summed E-state index contributed by atoms with van der Waals surface area (Å²) < 4.78 is 5.48. The van der Waals surface area contributed by atoms with Gasteiger partial charge in [0, 0.05) is 12.8 Å². The van der Waals surface area contributed by atoms with E-state index >= 15 is 0 Å². The average Bonchev–Trinajstić information content (AvgIpc) is 2.77. The Labute approximate surface area is 100 Å². The number of phenols is 1. The van der Waals surface area contributed by atoms with Crippen LogP contribution in [0.2, 0.25) is 0 Å². The van der Waals surface area contributed by atoms with Crippen LogP contribution >= 0.6 is 0 Å². The van der Waals surface area contributed by atoms with Crippen LogP contribution in [-0.4, -0.2) is 10.2 Å². The van der Waals surface area contributed by atoms with Crippen molar-refractivity contribution in [3.05, 3.63) is 53.5 Å². The van der Waals surface area contributed by atoms with Crippen LogP contribution in [0.3, 0.4) is 0 Å². The van der Waals surface area contributed by atoms with Gasteiger partial charge in [0.15, 0.2) is 0 Å². The largest absolute Gasteiger partial charge is 0.508 e. The lowest BCUT2D eigenvalue weighted by Gasteiger charge is -2.08. The third-order valence-corrected chi connectivity index (χ3v) is 2.70. The second kappa shape index (κ2) is 5.06. The van der Waals surface area contributed by atoms with Crippen LogP contribution in [0.1, 0.15) is 30.1 Å². The number of hydrogen-bond donors (Lipinski definition) is 2. The Balaban J connectivity index is 2.08. The SMILES string of the molecule is CCc1ccc(C(O)Cc2cccc(O)c2)o1. The molecule has 2 rings (SSSR count). The van der Waals surface area contributed by atoms with Crippen molar-refractivity contribution in [3.8, 4) is 5.75 Å². The lowest BCUT2D eigenvalue weighted by molar-refractivity contribution is 0.148. The van der Waals surface area contributed by atoms with Crippen molar-refractivity contribution in [2.24, 2.45) is 0 Å². The first-order valence-electron chi connectivity index (χ1n) is 5.73. The molecule has 90 valence electrons. The van der Waals surface area contributed by atoms with Crippen molar-refractivity contribution in [1.29, 1.82) is 0 Å². The van der Waals surface area contributed by atoms with Gasteiger partial charge in [-0.15, -0.1) is 0 Å². The molecule has 0 spiro atoms. The standard InChI is InChI=1S/C14H16O3/c1-2-12-6-7-14(17-12)13(16)9-10-4-3-5-11(15)8-10/h3-8,13,15-16H,2,9H2,1H3. The number of furan rings is 1. The summed E-state index contributed by atoms with van der Waals surface area (Å²) in [5, 5.41) is 19.3. The Hall–Kier alpha value is -1.74. The highest BCUT2D eigenvalue weighted by Gasteiger charge is 2.13. The highest BCUT2D eigenvalue weighted by atomic mass is 16.4. The topological polar surface area (TPSA) is 53.6 Å². The molecule has 3 nitrogen and oxygen atoms in total. The van der Waals surface area contributed by atoms with Gasteiger partial charge < -0.3 is 14.6 Å². The van der Waals surface area contributed by atoms with Gasteiger partial charge in [0.25, 0.3) is 0 Å². The summed E-state index contributed by atoms with van der Waals surface area (Å²) in [6, 6.07) is 10.6. The Morgan fingerprint density at radius 2 is 2.06 bits per heavy atom. The van der Waals surface area contributed by atoms with E-state index in [2.05, 4.69) is 0 Å².